The van der Waals surface area contributed by atoms with Gasteiger partial charge in [0.25, 0.3) is 0 Å². The number of anilines is 3. The normalized spacial score (nSPS) is 10.7. The first-order valence-corrected chi connectivity index (χ1v) is 13.8. The molecule has 0 saturated heterocycles. The molecule has 6 rings (SSSR count). The van der Waals surface area contributed by atoms with Gasteiger partial charge >= 0.3 is 0 Å². The van der Waals surface area contributed by atoms with Crippen molar-refractivity contribution in [3.63, 3.8) is 0 Å². The first-order chi connectivity index (χ1) is 18.7. The lowest BCUT2D eigenvalue weighted by atomic mass is 10.1. The Balaban J connectivity index is 1.27. The zero-order valence-electron chi connectivity index (χ0n) is 20.3. The molecule has 2 aromatic heterocycles. The van der Waals surface area contributed by atoms with Crippen LogP contribution in [0.4, 0.5) is 17.1 Å². The standard InChI is InChI=1S/C33H22N2OS2/c34-22-25-21-24(13-16-29(25)36)31-18-20-33(38-31)32-19-17-30(37-32)23-11-14-28(15-12-23)35(26-7-3-1-4-8-26)27-9-5-2-6-10-27/h1-21,36H. The fourth-order valence-electron chi connectivity index (χ4n) is 4.41. The quantitative estimate of drug-likeness (QED) is 0.235. The number of para-hydroxylation sites is 2. The summed E-state index contributed by atoms with van der Waals surface area (Å²) < 4.78 is 0. The van der Waals surface area contributed by atoms with Crippen LogP contribution in [0.5, 0.6) is 5.75 Å². The van der Waals surface area contributed by atoms with Crippen molar-refractivity contribution in [2.45, 2.75) is 0 Å². The highest BCUT2D eigenvalue weighted by Gasteiger charge is 2.14. The lowest BCUT2D eigenvalue weighted by Crippen LogP contribution is -2.09. The Bertz CT molecular complexity index is 1690. The molecule has 0 aliphatic heterocycles. The number of nitrogens with zero attached hydrogens (tertiary/aromatic N) is 2. The Morgan fingerprint density at radius 3 is 1.55 bits per heavy atom. The van der Waals surface area contributed by atoms with Crippen LogP contribution in [-0.4, -0.2) is 5.11 Å². The van der Waals surface area contributed by atoms with Gasteiger partial charge in [-0.25, -0.2) is 0 Å². The van der Waals surface area contributed by atoms with Gasteiger partial charge in [0.1, 0.15) is 11.8 Å². The minimum Gasteiger partial charge on any atom is -0.507 e. The van der Waals surface area contributed by atoms with Crippen molar-refractivity contribution in [2.75, 3.05) is 4.90 Å². The van der Waals surface area contributed by atoms with Gasteiger partial charge in [-0.3, -0.25) is 0 Å². The molecule has 2 heterocycles. The molecule has 0 unspecified atom stereocenters. The number of phenolic OH excluding ortho intramolecular Hbond substituents is 1. The molecule has 6 aromatic rings. The van der Waals surface area contributed by atoms with Gasteiger partial charge in [-0.2, -0.15) is 5.26 Å². The van der Waals surface area contributed by atoms with Crippen molar-refractivity contribution in [3.8, 4) is 42.5 Å². The smallest absolute Gasteiger partial charge is 0.133 e. The zero-order valence-corrected chi connectivity index (χ0v) is 21.9. The van der Waals surface area contributed by atoms with Crippen molar-refractivity contribution in [2.24, 2.45) is 0 Å². The van der Waals surface area contributed by atoms with Crippen LogP contribution in [0.2, 0.25) is 0 Å². The van der Waals surface area contributed by atoms with E-state index in [1.807, 2.05) is 24.3 Å². The molecule has 1 N–H and O–H groups in total. The van der Waals surface area contributed by atoms with E-state index in [0.717, 1.165) is 27.5 Å². The molecule has 0 amide bonds. The summed E-state index contributed by atoms with van der Waals surface area (Å²) >= 11 is 3.46. The molecule has 0 fully saturated rings. The molecule has 0 spiro atoms. The number of phenols is 1. The lowest BCUT2D eigenvalue weighted by Gasteiger charge is -2.25. The van der Waals surface area contributed by atoms with Crippen molar-refractivity contribution >= 4 is 39.7 Å². The SMILES string of the molecule is N#Cc1cc(-c2ccc(-c3ccc(-c4ccc(N(c5ccccc5)c5ccccc5)cc4)s3)s2)ccc1O. The first kappa shape index (κ1) is 23.7. The maximum absolute atomic E-state index is 9.82. The van der Waals surface area contributed by atoms with Crippen molar-refractivity contribution in [1.29, 1.82) is 5.26 Å². The number of rotatable bonds is 6. The van der Waals surface area contributed by atoms with E-state index in [4.69, 9.17) is 0 Å². The maximum atomic E-state index is 9.82. The molecule has 5 heteroatoms. The predicted octanol–water partition coefficient (Wildman–Crippen LogP) is 9.86. The van der Waals surface area contributed by atoms with E-state index < -0.39 is 0 Å². The average Bonchev–Trinajstić information content (AvgIpc) is 3.66. The Morgan fingerprint density at radius 2 is 1.00 bits per heavy atom. The summed E-state index contributed by atoms with van der Waals surface area (Å²) in [6.07, 6.45) is 0. The van der Waals surface area contributed by atoms with Gasteiger partial charge in [0.05, 0.1) is 5.56 Å². The Morgan fingerprint density at radius 1 is 0.526 bits per heavy atom. The summed E-state index contributed by atoms with van der Waals surface area (Å²) in [6.45, 7) is 0. The van der Waals surface area contributed by atoms with E-state index in [2.05, 4.69) is 102 Å². The van der Waals surface area contributed by atoms with Crippen LogP contribution in [0.15, 0.2) is 127 Å². The van der Waals surface area contributed by atoms with Crippen LogP contribution in [0.3, 0.4) is 0 Å². The van der Waals surface area contributed by atoms with E-state index in [1.165, 1.54) is 20.2 Å². The lowest BCUT2D eigenvalue weighted by molar-refractivity contribution is 0.473. The van der Waals surface area contributed by atoms with Gasteiger partial charge < -0.3 is 10.0 Å². The average molecular weight is 527 g/mol. The summed E-state index contributed by atoms with van der Waals surface area (Å²) in [5, 5.41) is 19.1. The number of hydrogen-bond donors (Lipinski definition) is 1. The first-order valence-electron chi connectivity index (χ1n) is 12.1. The minimum atomic E-state index is 0.0117. The molecule has 182 valence electrons. The van der Waals surface area contributed by atoms with Crippen LogP contribution in [0.25, 0.3) is 30.6 Å². The number of aromatic hydroxyl groups is 1. The van der Waals surface area contributed by atoms with Gasteiger partial charge in [-0.05, 0) is 90.0 Å². The van der Waals surface area contributed by atoms with Gasteiger partial charge in [0.2, 0.25) is 0 Å². The Hall–Kier alpha value is -4.63. The monoisotopic (exact) mass is 526 g/mol. The largest absolute Gasteiger partial charge is 0.507 e. The van der Waals surface area contributed by atoms with E-state index in [9.17, 15) is 10.4 Å². The fourth-order valence-corrected chi connectivity index (χ4v) is 6.51. The predicted molar refractivity (Wildman–Crippen MR) is 160 cm³/mol. The molecule has 0 atom stereocenters. The van der Waals surface area contributed by atoms with E-state index in [0.29, 0.717) is 0 Å². The summed E-state index contributed by atoms with van der Waals surface area (Å²) in [5.74, 6) is 0.0117. The molecule has 0 radical (unpaired) electrons. The number of hydrogen-bond acceptors (Lipinski definition) is 5. The van der Waals surface area contributed by atoms with E-state index in [-0.39, 0.29) is 11.3 Å². The topological polar surface area (TPSA) is 47.3 Å². The third-order valence-electron chi connectivity index (χ3n) is 6.30. The molecule has 0 aliphatic rings. The van der Waals surface area contributed by atoms with Gasteiger partial charge in [0.15, 0.2) is 0 Å². The van der Waals surface area contributed by atoms with Crippen molar-refractivity contribution in [1.82, 2.24) is 0 Å². The molecule has 0 saturated carbocycles. The number of nitriles is 1. The molecule has 4 aromatic carbocycles. The molecule has 3 nitrogen and oxygen atoms in total. The van der Waals surface area contributed by atoms with Crippen LogP contribution < -0.4 is 4.90 Å². The molecular formula is C33H22N2OS2. The van der Waals surface area contributed by atoms with Crippen molar-refractivity contribution < 1.29 is 5.11 Å². The van der Waals surface area contributed by atoms with Gasteiger partial charge in [0, 0.05) is 36.6 Å². The highest BCUT2D eigenvalue weighted by Crippen LogP contribution is 2.42. The second-order valence-corrected chi connectivity index (χ2v) is 10.9. The maximum Gasteiger partial charge on any atom is 0.133 e. The Kier molecular flexibility index (Phi) is 6.49. The summed E-state index contributed by atoms with van der Waals surface area (Å²) in [7, 11) is 0. The van der Waals surface area contributed by atoms with E-state index in [1.54, 1.807) is 34.8 Å². The van der Waals surface area contributed by atoms with Gasteiger partial charge in [-0.15, -0.1) is 22.7 Å². The third-order valence-corrected chi connectivity index (χ3v) is 8.76. The summed E-state index contributed by atoms with van der Waals surface area (Å²) in [4.78, 5) is 6.92. The summed E-state index contributed by atoms with van der Waals surface area (Å²) in [5.41, 5.74) is 5.75. The van der Waals surface area contributed by atoms with Crippen molar-refractivity contribution in [3.05, 3.63) is 133 Å². The minimum absolute atomic E-state index is 0.0117. The molecule has 0 aliphatic carbocycles. The van der Waals surface area contributed by atoms with Crippen LogP contribution >= 0.6 is 22.7 Å². The van der Waals surface area contributed by atoms with Crippen LogP contribution in [0.1, 0.15) is 5.56 Å². The zero-order chi connectivity index (χ0) is 25.9. The second-order valence-electron chi connectivity index (χ2n) is 8.72. The second kappa shape index (κ2) is 10.4. The van der Waals surface area contributed by atoms with Gasteiger partial charge in [-0.1, -0.05) is 48.5 Å². The molecule has 0 bridgehead atoms. The Labute approximate surface area is 229 Å². The number of benzene rings is 4. The van der Waals surface area contributed by atoms with Crippen LogP contribution in [0, 0.1) is 11.3 Å². The van der Waals surface area contributed by atoms with E-state index >= 15 is 0 Å². The third kappa shape index (κ3) is 4.71. The fraction of sp³-hybridized carbons (Fsp3) is 0. The highest BCUT2D eigenvalue weighted by molar-refractivity contribution is 7.25. The molecule has 38 heavy (non-hydrogen) atoms. The molecular weight excluding hydrogens is 505 g/mol. The van der Waals surface area contributed by atoms with Crippen LogP contribution in [-0.2, 0) is 0 Å². The number of thiophene rings is 2. The summed E-state index contributed by atoms with van der Waals surface area (Å²) in [6, 6.07) is 45.3. The highest BCUT2D eigenvalue weighted by atomic mass is 32.1.